The smallest absolute Gasteiger partial charge is 0.387 e. The average Bonchev–Trinajstić information content (AvgIpc) is 2.46. The third-order valence-corrected chi connectivity index (χ3v) is 2.82. The number of hydrogen-bond donors (Lipinski definition) is 1. The topological polar surface area (TPSA) is 57.9 Å². The van der Waals surface area contributed by atoms with E-state index in [4.69, 9.17) is 16.9 Å². The Morgan fingerprint density at radius 3 is 2.76 bits per heavy atom. The van der Waals surface area contributed by atoms with Crippen LogP contribution in [0.1, 0.15) is 11.3 Å². The molecule has 7 heteroatoms. The number of nitriles is 1. The van der Waals surface area contributed by atoms with Gasteiger partial charge in [-0.3, -0.25) is 4.98 Å². The lowest BCUT2D eigenvalue weighted by Gasteiger charge is -2.09. The third-order valence-electron chi connectivity index (χ3n) is 2.58. The molecule has 0 unspecified atom stereocenters. The van der Waals surface area contributed by atoms with Crippen molar-refractivity contribution in [2.24, 2.45) is 0 Å². The molecule has 108 valence electrons. The quantitative estimate of drug-likeness (QED) is 0.912. The number of alkyl halides is 2. The second-order valence-electron chi connectivity index (χ2n) is 4.02. The van der Waals surface area contributed by atoms with E-state index in [0.717, 1.165) is 0 Å². The van der Waals surface area contributed by atoms with Gasteiger partial charge in [0.1, 0.15) is 11.8 Å². The summed E-state index contributed by atoms with van der Waals surface area (Å²) in [7, 11) is 0. The first-order valence-electron chi connectivity index (χ1n) is 5.92. The van der Waals surface area contributed by atoms with Crippen molar-refractivity contribution in [2.45, 2.75) is 13.2 Å². The van der Waals surface area contributed by atoms with Crippen molar-refractivity contribution >= 4 is 17.3 Å². The van der Waals surface area contributed by atoms with E-state index in [9.17, 15) is 8.78 Å². The van der Waals surface area contributed by atoms with Crippen molar-refractivity contribution in [2.75, 3.05) is 5.32 Å². The maximum absolute atomic E-state index is 12.0. The first-order chi connectivity index (χ1) is 10.1. The molecule has 0 saturated carbocycles. The van der Waals surface area contributed by atoms with E-state index < -0.39 is 6.61 Å². The van der Waals surface area contributed by atoms with E-state index in [1.54, 1.807) is 24.3 Å². The highest BCUT2D eigenvalue weighted by molar-refractivity contribution is 6.30. The van der Waals surface area contributed by atoms with Gasteiger partial charge < -0.3 is 10.1 Å². The zero-order chi connectivity index (χ0) is 15.2. The molecule has 1 heterocycles. The number of halogens is 3. The largest absolute Gasteiger partial charge is 0.433 e. The number of nitrogens with zero attached hydrogens (tertiary/aromatic N) is 2. The average molecular weight is 310 g/mol. The molecule has 0 atom stereocenters. The normalized spacial score (nSPS) is 10.2. The van der Waals surface area contributed by atoms with Crippen LogP contribution in [0.2, 0.25) is 5.02 Å². The number of benzene rings is 1. The molecular weight excluding hydrogens is 300 g/mol. The maximum Gasteiger partial charge on any atom is 0.387 e. The van der Waals surface area contributed by atoms with Crippen LogP contribution in [-0.2, 0) is 6.54 Å². The van der Waals surface area contributed by atoms with E-state index in [0.29, 0.717) is 28.5 Å². The molecule has 2 aromatic rings. The van der Waals surface area contributed by atoms with Gasteiger partial charge in [0.2, 0.25) is 0 Å². The number of rotatable bonds is 5. The number of hydrogen-bond acceptors (Lipinski definition) is 4. The van der Waals surface area contributed by atoms with E-state index in [-0.39, 0.29) is 5.75 Å². The van der Waals surface area contributed by atoms with Crippen LogP contribution < -0.4 is 10.1 Å². The Morgan fingerprint density at radius 1 is 1.33 bits per heavy atom. The summed E-state index contributed by atoms with van der Waals surface area (Å²) in [6, 6.07) is 9.87. The Hall–Kier alpha value is -2.39. The highest BCUT2D eigenvalue weighted by atomic mass is 35.5. The zero-order valence-corrected chi connectivity index (χ0v) is 11.4. The molecule has 1 aromatic heterocycles. The van der Waals surface area contributed by atoms with Gasteiger partial charge in [-0.2, -0.15) is 14.0 Å². The molecule has 0 saturated heterocycles. The van der Waals surface area contributed by atoms with E-state index in [2.05, 4.69) is 15.0 Å². The second-order valence-corrected chi connectivity index (χ2v) is 4.46. The minimum atomic E-state index is -2.87. The predicted molar refractivity (Wildman–Crippen MR) is 74.4 cm³/mol. The SMILES string of the molecule is N#Cc1ccc(Cl)cc1NCc1ccc(OC(F)F)cn1. The van der Waals surface area contributed by atoms with Crippen molar-refractivity contribution in [1.82, 2.24) is 4.98 Å². The van der Waals surface area contributed by atoms with Crippen LogP contribution in [-0.4, -0.2) is 11.6 Å². The second kappa shape index (κ2) is 6.86. The molecule has 1 N–H and O–H groups in total. The molecular formula is C14H10ClF2N3O. The number of anilines is 1. The number of ether oxygens (including phenoxy) is 1. The number of aromatic nitrogens is 1. The first-order valence-corrected chi connectivity index (χ1v) is 6.29. The number of nitrogens with one attached hydrogen (secondary N) is 1. The lowest BCUT2D eigenvalue weighted by atomic mass is 10.2. The number of pyridine rings is 1. The Morgan fingerprint density at radius 2 is 2.14 bits per heavy atom. The summed E-state index contributed by atoms with van der Waals surface area (Å²) >= 11 is 5.87. The molecule has 0 amide bonds. The van der Waals surface area contributed by atoms with Crippen molar-refractivity contribution in [1.29, 1.82) is 5.26 Å². The van der Waals surface area contributed by atoms with Crippen LogP contribution in [0.5, 0.6) is 5.75 Å². The van der Waals surface area contributed by atoms with E-state index in [1.807, 2.05) is 6.07 Å². The minimum Gasteiger partial charge on any atom is -0.433 e. The summed E-state index contributed by atoms with van der Waals surface area (Å²) in [4.78, 5) is 3.99. The van der Waals surface area contributed by atoms with Crippen molar-refractivity contribution in [3.8, 4) is 11.8 Å². The molecule has 0 radical (unpaired) electrons. The Balaban J connectivity index is 2.03. The van der Waals surface area contributed by atoms with Gasteiger partial charge in [0.15, 0.2) is 0 Å². The monoisotopic (exact) mass is 309 g/mol. The van der Waals surface area contributed by atoms with Crippen LogP contribution in [0, 0.1) is 11.3 Å². The Bertz CT molecular complexity index is 656. The lowest BCUT2D eigenvalue weighted by molar-refractivity contribution is -0.0500. The fourth-order valence-corrected chi connectivity index (χ4v) is 1.81. The minimum absolute atomic E-state index is 0.00535. The fourth-order valence-electron chi connectivity index (χ4n) is 1.63. The van der Waals surface area contributed by atoms with Crippen molar-refractivity contribution in [3.05, 3.63) is 52.8 Å². The summed E-state index contributed by atoms with van der Waals surface area (Å²) in [6.45, 7) is -2.55. The summed E-state index contributed by atoms with van der Waals surface area (Å²) < 4.78 is 28.2. The summed E-state index contributed by atoms with van der Waals surface area (Å²) in [6.07, 6.45) is 1.21. The standard InChI is InChI=1S/C14H10ClF2N3O/c15-10-2-1-9(6-18)13(5-10)20-7-11-3-4-12(8-19-11)21-14(16)17/h1-5,8,14,20H,7H2. The molecule has 0 aliphatic rings. The van der Waals surface area contributed by atoms with Gasteiger partial charge in [-0.25, -0.2) is 0 Å². The van der Waals surface area contributed by atoms with Gasteiger partial charge >= 0.3 is 6.61 Å². The van der Waals surface area contributed by atoms with E-state index in [1.165, 1.54) is 12.3 Å². The predicted octanol–water partition coefficient (Wildman–Crippen LogP) is 3.82. The molecule has 0 spiro atoms. The molecule has 2 rings (SSSR count). The van der Waals surface area contributed by atoms with Crippen LogP contribution in [0.3, 0.4) is 0 Å². The molecule has 0 aliphatic carbocycles. The van der Waals surface area contributed by atoms with Gasteiger partial charge in [-0.15, -0.1) is 0 Å². The van der Waals surface area contributed by atoms with Gasteiger partial charge in [0.25, 0.3) is 0 Å². The highest BCUT2D eigenvalue weighted by Gasteiger charge is 2.06. The molecule has 21 heavy (non-hydrogen) atoms. The fraction of sp³-hybridized carbons (Fsp3) is 0.143. The first kappa shape index (κ1) is 15.0. The Labute approximate surface area is 124 Å². The molecule has 4 nitrogen and oxygen atoms in total. The summed E-state index contributed by atoms with van der Waals surface area (Å²) in [5.74, 6) is -0.00535. The highest BCUT2D eigenvalue weighted by Crippen LogP contribution is 2.21. The Kier molecular flexibility index (Phi) is 4.90. The van der Waals surface area contributed by atoms with Gasteiger partial charge in [0, 0.05) is 5.02 Å². The van der Waals surface area contributed by atoms with Gasteiger partial charge in [-0.05, 0) is 30.3 Å². The van der Waals surface area contributed by atoms with Crippen LogP contribution in [0.4, 0.5) is 14.5 Å². The summed E-state index contributed by atoms with van der Waals surface area (Å²) in [5, 5.41) is 12.5. The van der Waals surface area contributed by atoms with Gasteiger partial charge in [0.05, 0.1) is 29.7 Å². The lowest BCUT2D eigenvalue weighted by Crippen LogP contribution is -2.05. The molecule has 0 fully saturated rings. The third kappa shape index (κ3) is 4.29. The molecule has 0 aliphatic heterocycles. The van der Waals surface area contributed by atoms with Crippen LogP contribution in [0.25, 0.3) is 0 Å². The van der Waals surface area contributed by atoms with Crippen LogP contribution in [0.15, 0.2) is 36.5 Å². The zero-order valence-electron chi connectivity index (χ0n) is 10.7. The molecule has 1 aromatic carbocycles. The van der Waals surface area contributed by atoms with Crippen molar-refractivity contribution < 1.29 is 13.5 Å². The summed E-state index contributed by atoms with van der Waals surface area (Å²) in [5.41, 5.74) is 1.65. The van der Waals surface area contributed by atoms with Crippen LogP contribution >= 0.6 is 11.6 Å². The maximum atomic E-state index is 12.0. The van der Waals surface area contributed by atoms with E-state index >= 15 is 0 Å². The molecule has 0 bridgehead atoms. The van der Waals surface area contributed by atoms with Crippen molar-refractivity contribution in [3.63, 3.8) is 0 Å². The van der Waals surface area contributed by atoms with Gasteiger partial charge in [-0.1, -0.05) is 11.6 Å².